The van der Waals surface area contributed by atoms with Gasteiger partial charge in [-0.05, 0) is 25.8 Å². The minimum absolute atomic E-state index is 0.958. The zero-order valence-electron chi connectivity index (χ0n) is 20.0. The summed E-state index contributed by atoms with van der Waals surface area (Å²) in [6.45, 7) is 11.1. The molecule has 168 valence electrons. The maximum atomic E-state index is 2.76. The first kappa shape index (κ1) is 26.0. The van der Waals surface area contributed by atoms with E-state index in [0.29, 0.717) is 0 Å². The van der Waals surface area contributed by atoms with Gasteiger partial charge in [0, 0.05) is 32.7 Å². The summed E-state index contributed by atoms with van der Waals surface area (Å²) in [5.74, 6) is 0.958. The minimum atomic E-state index is 0.958. The van der Waals surface area contributed by atoms with Crippen LogP contribution in [0.5, 0.6) is 0 Å². The lowest BCUT2D eigenvalue weighted by Gasteiger charge is -2.34. The van der Waals surface area contributed by atoms with E-state index in [1.54, 1.807) is 0 Å². The van der Waals surface area contributed by atoms with Crippen molar-refractivity contribution in [2.45, 2.75) is 123 Å². The molecule has 0 N–H and O–H groups in total. The first-order valence-electron chi connectivity index (χ1n) is 13.2. The smallest absolute Gasteiger partial charge is 0.0110 e. The fourth-order valence-corrected chi connectivity index (χ4v) is 4.68. The molecule has 0 amide bonds. The predicted molar refractivity (Wildman–Crippen MR) is 127 cm³/mol. The molecule has 1 atom stereocenters. The van der Waals surface area contributed by atoms with Crippen LogP contribution < -0.4 is 0 Å². The molecular weight excluding hydrogens is 340 g/mol. The summed E-state index contributed by atoms with van der Waals surface area (Å²) in [6, 6.07) is 0. The van der Waals surface area contributed by atoms with Crippen LogP contribution in [0.4, 0.5) is 0 Å². The fourth-order valence-electron chi connectivity index (χ4n) is 4.68. The number of likely N-dealkylation sites (N-methyl/N-ethyl adjacent to an activating group) is 1. The average molecular weight is 395 g/mol. The van der Waals surface area contributed by atoms with Gasteiger partial charge in [0.2, 0.25) is 0 Å². The van der Waals surface area contributed by atoms with Gasteiger partial charge in [-0.2, -0.15) is 0 Å². The van der Waals surface area contributed by atoms with Gasteiger partial charge in [0.15, 0.2) is 0 Å². The van der Waals surface area contributed by atoms with E-state index in [9.17, 15) is 0 Å². The number of unbranched alkanes of at least 4 members (excludes halogenated alkanes) is 13. The summed E-state index contributed by atoms with van der Waals surface area (Å²) < 4.78 is 0. The van der Waals surface area contributed by atoms with Crippen LogP contribution in [0.15, 0.2) is 0 Å². The predicted octanol–water partition coefficient (Wildman–Crippen LogP) is 7.52. The van der Waals surface area contributed by atoms with Crippen molar-refractivity contribution in [3.63, 3.8) is 0 Å². The molecule has 1 fully saturated rings. The third kappa shape index (κ3) is 14.9. The number of piperazine rings is 1. The third-order valence-electron chi connectivity index (χ3n) is 6.79. The molecule has 1 unspecified atom stereocenters. The van der Waals surface area contributed by atoms with E-state index in [1.807, 2.05) is 0 Å². The molecule has 1 aliphatic rings. The summed E-state index contributed by atoms with van der Waals surface area (Å²) in [5, 5.41) is 0. The zero-order chi connectivity index (χ0) is 20.3. The number of rotatable bonds is 19. The van der Waals surface area contributed by atoms with E-state index in [1.165, 1.54) is 142 Å². The highest BCUT2D eigenvalue weighted by Gasteiger charge is 2.18. The van der Waals surface area contributed by atoms with Crippen LogP contribution >= 0.6 is 0 Å². The van der Waals surface area contributed by atoms with E-state index in [4.69, 9.17) is 0 Å². The highest BCUT2D eigenvalue weighted by molar-refractivity contribution is 4.73. The van der Waals surface area contributed by atoms with Gasteiger partial charge in [-0.3, -0.25) is 0 Å². The van der Waals surface area contributed by atoms with E-state index >= 15 is 0 Å². The van der Waals surface area contributed by atoms with Crippen LogP contribution in [0, 0.1) is 5.92 Å². The van der Waals surface area contributed by atoms with Crippen molar-refractivity contribution in [1.82, 2.24) is 9.80 Å². The maximum absolute atomic E-state index is 2.76. The standard InChI is InChI=1S/C26H54N2/c1-4-6-8-10-12-14-16-18-20-26(19-17-15-13-11-9-7-5-2)25-28-23-21-27(3)22-24-28/h26H,4-25H2,1-3H3. The van der Waals surface area contributed by atoms with Crippen molar-refractivity contribution in [2.24, 2.45) is 5.92 Å². The van der Waals surface area contributed by atoms with Crippen LogP contribution in [0.3, 0.4) is 0 Å². The van der Waals surface area contributed by atoms with Gasteiger partial charge in [0.25, 0.3) is 0 Å². The lowest BCUT2D eigenvalue weighted by molar-refractivity contribution is 0.130. The molecular formula is C26H54N2. The zero-order valence-corrected chi connectivity index (χ0v) is 20.0. The topological polar surface area (TPSA) is 6.48 Å². The first-order chi connectivity index (χ1) is 13.8. The van der Waals surface area contributed by atoms with Crippen LogP contribution in [0.2, 0.25) is 0 Å². The van der Waals surface area contributed by atoms with Gasteiger partial charge in [0.1, 0.15) is 0 Å². The third-order valence-corrected chi connectivity index (χ3v) is 6.79. The quantitative estimate of drug-likeness (QED) is 0.209. The van der Waals surface area contributed by atoms with Gasteiger partial charge in [-0.15, -0.1) is 0 Å². The van der Waals surface area contributed by atoms with Crippen molar-refractivity contribution in [3.8, 4) is 0 Å². The second kappa shape index (κ2) is 18.9. The summed E-state index contributed by atoms with van der Waals surface area (Å²) in [6.07, 6.45) is 24.7. The second-order valence-electron chi connectivity index (χ2n) is 9.64. The summed E-state index contributed by atoms with van der Waals surface area (Å²) >= 11 is 0. The second-order valence-corrected chi connectivity index (χ2v) is 9.64. The van der Waals surface area contributed by atoms with Crippen LogP contribution in [0.1, 0.15) is 123 Å². The lowest BCUT2D eigenvalue weighted by atomic mass is 9.93. The Hall–Kier alpha value is -0.0800. The van der Waals surface area contributed by atoms with Crippen LogP contribution in [-0.2, 0) is 0 Å². The molecule has 2 nitrogen and oxygen atoms in total. The lowest BCUT2D eigenvalue weighted by Crippen LogP contribution is -2.46. The molecule has 0 aromatic carbocycles. The molecule has 1 heterocycles. The SMILES string of the molecule is CCCCCCCCCCC(CCCCCCCCC)CN1CCN(C)CC1. The Bertz CT molecular complexity index is 310. The average Bonchev–Trinajstić information content (AvgIpc) is 2.70. The Kier molecular flexibility index (Phi) is 17.5. The number of hydrogen-bond acceptors (Lipinski definition) is 2. The molecule has 28 heavy (non-hydrogen) atoms. The molecule has 0 saturated carbocycles. The Morgan fingerprint density at radius 2 is 0.929 bits per heavy atom. The summed E-state index contributed by atoms with van der Waals surface area (Å²) in [7, 11) is 2.27. The van der Waals surface area contributed by atoms with E-state index < -0.39 is 0 Å². The maximum Gasteiger partial charge on any atom is 0.0110 e. The van der Waals surface area contributed by atoms with Gasteiger partial charge in [-0.25, -0.2) is 0 Å². The molecule has 0 aromatic rings. The molecule has 0 radical (unpaired) electrons. The van der Waals surface area contributed by atoms with Gasteiger partial charge >= 0.3 is 0 Å². The molecule has 0 aromatic heterocycles. The monoisotopic (exact) mass is 394 g/mol. The molecule has 1 saturated heterocycles. The molecule has 0 aliphatic carbocycles. The van der Waals surface area contributed by atoms with E-state index in [0.717, 1.165) is 5.92 Å². The molecule has 0 spiro atoms. The molecule has 1 aliphatic heterocycles. The minimum Gasteiger partial charge on any atom is -0.304 e. The highest BCUT2D eigenvalue weighted by Crippen LogP contribution is 2.21. The largest absolute Gasteiger partial charge is 0.304 e. The highest BCUT2D eigenvalue weighted by atomic mass is 15.2. The van der Waals surface area contributed by atoms with Crippen molar-refractivity contribution >= 4 is 0 Å². The fraction of sp³-hybridized carbons (Fsp3) is 1.00. The Morgan fingerprint density at radius 3 is 1.36 bits per heavy atom. The van der Waals surface area contributed by atoms with Crippen LogP contribution in [-0.4, -0.2) is 49.6 Å². The van der Waals surface area contributed by atoms with Crippen molar-refractivity contribution in [2.75, 3.05) is 39.8 Å². The first-order valence-corrected chi connectivity index (χ1v) is 13.2. The van der Waals surface area contributed by atoms with E-state index in [2.05, 4.69) is 30.7 Å². The van der Waals surface area contributed by atoms with Crippen LogP contribution in [0.25, 0.3) is 0 Å². The Morgan fingerprint density at radius 1 is 0.536 bits per heavy atom. The van der Waals surface area contributed by atoms with Gasteiger partial charge < -0.3 is 9.80 Å². The molecule has 0 bridgehead atoms. The summed E-state index contributed by atoms with van der Waals surface area (Å²) in [4.78, 5) is 5.25. The van der Waals surface area contributed by atoms with Crippen molar-refractivity contribution in [1.29, 1.82) is 0 Å². The normalized spacial score (nSPS) is 17.2. The number of hydrogen-bond donors (Lipinski definition) is 0. The van der Waals surface area contributed by atoms with Crippen molar-refractivity contribution < 1.29 is 0 Å². The Labute approximate surface area is 178 Å². The van der Waals surface area contributed by atoms with Crippen molar-refractivity contribution in [3.05, 3.63) is 0 Å². The summed E-state index contributed by atoms with van der Waals surface area (Å²) in [5.41, 5.74) is 0. The molecule has 2 heteroatoms. The molecule has 1 rings (SSSR count). The van der Waals surface area contributed by atoms with Gasteiger partial charge in [-0.1, -0.05) is 110 Å². The van der Waals surface area contributed by atoms with E-state index in [-0.39, 0.29) is 0 Å². The van der Waals surface area contributed by atoms with Gasteiger partial charge in [0.05, 0.1) is 0 Å². The Balaban J connectivity index is 2.16. The number of nitrogens with zero attached hydrogens (tertiary/aromatic N) is 2.